The highest BCUT2D eigenvalue weighted by Crippen LogP contribution is 2.30. The van der Waals surface area contributed by atoms with Crippen molar-refractivity contribution in [2.75, 3.05) is 18.4 Å². The highest BCUT2D eigenvalue weighted by molar-refractivity contribution is 5.48. The predicted molar refractivity (Wildman–Crippen MR) is 72.0 cm³/mol. The molecule has 2 unspecified atom stereocenters. The van der Waals surface area contributed by atoms with E-state index in [9.17, 15) is 4.79 Å². The average molecular weight is 262 g/mol. The normalized spacial score (nSPS) is 23.0. The molecule has 2 aromatic heterocycles. The van der Waals surface area contributed by atoms with Gasteiger partial charge in [0.2, 0.25) is 0 Å². The van der Waals surface area contributed by atoms with E-state index in [1.807, 2.05) is 0 Å². The maximum absolute atomic E-state index is 11.3. The maximum atomic E-state index is 11.3. The van der Waals surface area contributed by atoms with Crippen LogP contribution >= 0.6 is 0 Å². The molecule has 0 bridgehead atoms. The van der Waals surface area contributed by atoms with Crippen LogP contribution < -0.4 is 16.7 Å². The van der Waals surface area contributed by atoms with Crippen molar-refractivity contribution in [3.05, 3.63) is 22.9 Å². The molecule has 0 radical (unpaired) electrons. The monoisotopic (exact) mass is 262 g/mol. The minimum atomic E-state index is -0.270. The van der Waals surface area contributed by atoms with Crippen molar-refractivity contribution in [2.24, 2.45) is 17.6 Å². The second-order valence-electron chi connectivity index (χ2n) is 5.10. The standard InChI is InChI=1S/C12H18N6O/c13-5-8-2-1-3-9(8)6-14-10-4-11-16-17-12(19)18(11)7-15-10/h4,7-9,14H,1-3,5-6,13H2,(H,17,19). The predicted octanol–water partition coefficient (Wildman–Crippen LogP) is 0.205. The largest absolute Gasteiger partial charge is 0.370 e. The second kappa shape index (κ2) is 5.00. The molecule has 2 atom stereocenters. The van der Waals surface area contributed by atoms with Crippen LogP contribution in [0.15, 0.2) is 17.2 Å². The van der Waals surface area contributed by atoms with Crippen LogP contribution in [0.1, 0.15) is 19.3 Å². The molecule has 0 aromatic carbocycles. The van der Waals surface area contributed by atoms with E-state index in [0.29, 0.717) is 17.5 Å². The molecule has 1 aliphatic rings. The van der Waals surface area contributed by atoms with Gasteiger partial charge in [0, 0.05) is 12.6 Å². The zero-order chi connectivity index (χ0) is 13.2. The van der Waals surface area contributed by atoms with E-state index in [1.54, 1.807) is 6.07 Å². The van der Waals surface area contributed by atoms with E-state index in [-0.39, 0.29) is 5.69 Å². The van der Waals surface area contributed by atoms with Crippen LogP contribution in [0.5, 0.6) is 0 Å². The molecule has 0 amide bonds. The fourth-order valence-corrected chi connectivity index (χ4v) is 2.83. The molecule has 3 rings (SSSR count). The number of nitrogens with two attached hydrogens (primary N) is 1. The van der Waals surface area contributed by atoms with Gasteiger partial charge in [-0.3, -0.25) is 0 Å². The van der Waals surface area contributed by atoms with Crippen molar-refractivity contribution in [3.63, 3.8) is 0 Å². The van der Waals surface area contributed by atoms with Gasteiger partial charge in [0.05, 0.1) is 0 Å². The van der Waals surface area contributed by atoms with Gasteiger partial charge in [-0.2, -0.15) is 5.10 Å². The zero-order valence-corrected chi connectivity index (χ0v) is 10.7. The SMILES string of the molecule is NCC1CCCC1CNc1cc2n[nH]c(=O)n2cn1. The molecule has 2 aromatic rings. The van der Waals surface area contributed by atoms with Crippen LogP contribution in [0.2, 0.25) is 0 Å². The molecule has 0 aliphatic heterocycles. The number of anilines is 1. The number of fused-ring (bicyclic) bond motifs is 1. The van der Waals surface area contributed by atoms with Crippen molar-refractivity contribution < 1.29 is 0 Å². The lowest BCUT2D eigenvalue weighted by molar-refractivity contribution is 0.414. The van der Waals surface area contributed by atoms with Gasteiger partial charge < -0.3 is 11.1 Å². The Kier molecular flexibility index (Phi) is 3.20. The average Bonchev–Trinajstić information content (AvgIpc) is 3.03. The van der Waals surface area contributed by atoms with Gasteiger partial charge in [-0.05, 0) is 31.2 Å². The minimum absolute atomic E-state index is 0.270. The highest BCUT2D eigenvalue weighted by atomic mass is 16.1. The Balaban J connectivity index is 1.69. The van der Waals surface area contributed by atoms with E-state index in [0.717, 1.165) is 18.9 Å². The Morgan fingerprint density at radius 2 is 2.32 bits per heavy atom. The summed E-state index contributed by atoms with van der Waals surface area (Å²) in [5.74, 6) is 1.97. The lowest BCUT2D eigenvalue weighted by Gasteiger charge is -2.18. The van der Waals surface area contributed by atoms with Gasteiger partial charge in [0.1, 0.15) is 12.1 Å². The summed E-state index contributed by atoms with van der Waals surface area (Å²) in [7, 11) is 0. The van der Waals surface area contributed by atoms with Gasteiger partial charge in [-0.1, -0.05) is 6.42 Å². The van der Waals surface area contributed by atoms with Crippen molar-refractivity contribution >= 4 is 11.5 Å². The van der Waals surface area contributed by atoms with Crippen LogP contribution in [0.25, 0.3) is 5.65 Å². The summed E-state index contributed by atoms with van der Waals surface area (Å²) in [5.41, 5.74) is 6.08. The zero-order valence-electron chi connectivity index (χ0n) is 10.7. The number of hydrogen-bond acceptors (Lipinski definition) is 5. The van der Waals surface area contributed by atoms with Crippen LogP contribution in [-0.4, -0.2) is 32.7 Å². The summed E-state index contributed by atoms with van der Waals surface area (Å²) in [6, 6.07) is 1.77. The minimum Gasteiger partial charge on any atom is -0.370 e. The Hall–Kier alpha value is -1.89. The molecule has 1 fully saturated rings. The molecular weight excluding hydrogens is 244 g/mol. The van der Waals surface area contributed by atoms with Gasteiger partial charge in [-0.25, -0.2) is 19.3 Å². The third-order valence-corrected chi connectivity index (χ3v) is 3.97. The quantitative estimate of drug-likeness (QED) is 0.731. The molecule has 7 heteroatoms. The fraction of sp³-hybridized carbons (Fsp3) is 0.583. The van der Waals surface area contributed by atoms with E-state index in [4.69, 9.17) is 5.73 Å². The number of nitrogens with zero attached hydrogens (tertiary/aromatic N) is 3. The van der Waals surface area contributed by atoms with E-state index >= 15 is 0 Å². The summed E-state index contributed by atoms with van der Waals surface area (Å²) in [6.07, 6.45) is 5.19. The first-order valence-corrected chi connectivity index (χ1v) is 6.64. The fourth-order valence-electron chi connectivity index (χ4n) is 2.83. The molecular formula is C12H18N6O. The summed E-state index contributed by atoms with van der Waals surface area (Å²) < 4.78 is 1.38. The number of aromatic amines is 1. The number of rotatable bonds is 4. The topological polar surface area (TPSA) is 101 Å². The first-order chi connectivity index (χ1) is 9.28. The van der Waals surface area contributed by atoms with E-state index < -0.39 is 0 Å². The summed E-state index contributed by atoms with van der Waals surface area (Å²) in [6.45, 7) is 1.63. The first kappa shape index (κ1) is 12.2. The maximum Gasteiger partial charge on any atom is 0.348 e. The third kappa shape index (κ3) is 2.33. The molecule has 2 heterocycles. The molecule has 102 valence electrons. The summed E-state index contributed by atoms with van der Waals surface area (Å²) in [5, 5.41) is 9.62. The Bertz CT molecular complexity index is 618. The van der Waals surface area contributed by atoms with Crippen LogP contribution in [0, 0.1) is 11.8 Å². The van der Waals surface area contributed by atoms with Gasteiger partial charge in [0.15, 0.2) is 5.65 Å². The van der Waals surface area contributed by atoms with Gasteiger partial charge in [0.25, 0.3) is 0 Å². The Morgan fingerprint density at radius 1 is 1.47 bits per heavy atom. The highest BCUT2D eigenvalue weighted by Gasteiger charge is 2.25. The number of H-pyrrole nitrogens is 1. The van der Waals surface area contributed by atoms with Crippen LogP contribution in [0.3, 0.4) is 0 Å². The number of aromatic nitrogens is 4. The summed E-state index contributed by atoms with van der Waals surface area (Å²) >= 11 is 0. The second-order valence-corrected chi connectivity index (χ2v) is 5.10. The summed E-state index contributed by atoms with van der Waals surface area (Å²) in [4.78, 5) is 15.5. The smallest absolute Gasteiger partial charge is 0.348 e. The lowest BCUT2D eigenvalue weighted by atomic mass is 9.96. The van der Waals surface area contributed by atoms with Gasteiger partial charge in [-0.15, -0.1) is 0 Å². The molecule has 0 spiro atoms. The number of hydrogen-bond donors (Lipinski definition) is 3. The Morgan fingerprint density at radius 3 is 3.16 bits per heavy atom. The molecule has 7 nitrogen and oxygen atoms in total. The van der Waals surface area contributed by atoms with E-state index in [2.05, 4.69) is 20.5 Å². The number of nitrogens with one attached hydrogen (secondary N) is 2. The molecule has 19 heavy (non-hydrogen) atoms. The Labute approximate surface area is 110 Å². The van der Waals surface area contributed by atoms with Crippen molar-refractivity contribution in [1.82, 2.24) is 19.6 Å². The lowest BCUT2D eigenvalue weighted by Crippen LogP contribution is -2.24. The van der Waals surface area contributed by atoms with Crippen molar-refractivity contribution in [2.45, 2.75) is 19.3 Å². The molecule has 1 saturated carbocycles. The third-order valence-electron chi connectivity index (χ3n) is 3.97. The van der Waals surface area contributed by atoms with Crippen LogP contribution in [0.4, 0.5) is 5.82 Å². The van der Waals surface area contributed by atoms with E-state index in [1.165, 1.54) is 30.0 Å². The van der Waals surface area contributed by atoms with Crippen molar-refractivity contribution in [1.29, 1.82) is 0 Å². The van der Waals surface area contributed by atoms with Crippen LogP contribution in [-0.2, 0) is 0 Å². The van der Waals surface area contributed by atoms with Crippen molar-refractivity contribution in [3.8, 4) is 0 Å². The molecule has 4 N–H and O–H groups in total. The molecule has 1 aliphatic carbocycles. The molecule has 0 saturated heterocycles. The van der Waals surface area contributed by atoms with Gasteiger partial charge >= 0.3 is 5.69 Å². The first-order valence-electron chi connectivity index (χ1n) is 6.64.